The van der Waals surface area contributed by atoms with Crippen molar-refractivity contribution in [2.75, 3.05) is 18.4 Å². The fraction of sp³-hybridized carbons (Fsp3) is 0.471. The monoisotopic (exact) mass is 386 g/mol. The average molecular weight is 387 g/mol. The minimum atomic E-state index is -1.04. The maximum absolute atomic E-state index is 12.2. The average Bonchev–Trinajstić information content (AvgIpc) is 2.75. The Morgan fingerprint density at radius 3 is 2.60 bits per heavy atom. The number of anilines is 1. The Balaban J connectivity index is 1.89. The summed E-state index contributed by atoms with van der Waals surface area (Å²) in [5.41, 5.74) is 0.265. The molecule has 0 unspecified atom stereocenters. The Hall–Kier alpha value is -1.79. The SMILES string of the molecule is C[C@H](OC(=O)CN1CCCCCC1=O)C(=O)Nc1c(Cl)cccc1Cl. The molecular formula is C17H20Cl2N2O4. The van der Waals surface area contributed by atoms with Gasteiger partial charge in [0.2, 0.25) is 5.91 Å². The predicted octanol–water partition coefficient (Wildman–Crippen LogP) is 3.27. The van der Waals surface area contributed by atoms with Crippen LogP contribution in [0.3, 0.4) is 0 Å². The van der Waals surface area contributed by atoms with Gasteiger partial charge in [0.25, 0.3) is 5.91 Å². The summed E-state index contributed by atoms with van der Waals surface area (Å²) in [6.07, 6.45) is 2.06. The van der Waals surface area contributed by atoms with Gasteiger partial charge in [-0.25, -0.2) is 0 Å². The van der Waals surface area contributed by atoms with Crippen molar-refractivity contribution in [3.8, 4) is 0 Å². The number of carbonyl (C=O) groups is 3. The smallest absolute Gasteiger partial charge is 0.326 e. The molecule has 2 rings (SSSR count). The number of rotatable bonds is 5. The Morgan fingerprint density at radius 1 is 1.24 bits per heavy atom. The fourth-order valence-electron chi connectivity index (χ4n) is 2.49. The number of amides is 2. The highest BCUT2D eigenvalue weighted by atomic mass is 35.5. The maximum atomic E-state index is 12.2. The van der Waals surface area contributed by atoms with Crippen LogP contribution >= 0.6 is 23.2 Å². The van der Waals surface area contributed by atoms with E-state index in [0.717, 1.165) is 19.3 Å². The van der Waals surface area contributed by atoms with Crippen LogP contribution < -0.4 is 5.32 Å². The van der Waals surface area contributed by atoms with Gasteiger partial charge in [-0.05, 0) is 31.9 Å². The van der Waals surface area contributed by atoms with Crippen LogP contribution in [0.4, 0.5) is 5.69 Å². The number of para-hydroxylation sites is 1. The molecule has 0 bridgehead atoms. The predicted molar refractivity (Wildman–Crippen MR) is 95.7 cm³/mol. The second-order valence-corrected chi connectivity index (χ2v) is 6.66. The number of esters is 1. The second kappa shape index (κ2) is 9.06. The number of benzene rings is 1. The van der Waals surface area contributed by atoms with E-state index < -0.39 is 18.0 Å². The lowest BCUT2D eigenvalue weighted by Crippen LogP contribution is -2.38. The van der Waals surface area contributed by atoms with Crippen molar-refractivity contribution in [2.45, 2.75) is 38.7 Å². The molecule has 136 valence electrons. The molecule has 1 atom stereocenters. The molecule has 1 aliphatic rings. The van der Waals surface area contributed by atoms with Gasteiger partial charge in [-0.1, -0.05) is 35.7 Å². The summed E-state index contributed by atoms with van der Waals surface area (Å²) < 4.78 is 5.12. The summed E-state index contributed by atoms with van der Waals surface area (Å²) in [7, 11) is 0. The zero-order valence-corrected chi connectivity index (χ0v) is 15.4. The van der Waals surface area contributed by atoms with Crippen molar-refractivity contribution in [3.63, 3.8) is 0 Å². The minimum absolute atomic E-state index is 0.0607. The maximum Gasteiger partial charge on any atom is 0.326 e. The molecule has 25 heavy (non-hydrogen) atoms. The molecule has 1 fully saturated rings. The molecule has 1 aromatic rings. The van der Waals surface area contributed by atoms with Crippen molar-refractivity contribution in [3.05, 3.63) is 28.2 Å². The third kappa shape index (κ3) is 5.61. The molecular weight excluding hydrogens is 367 g/mol. The first-order chi connectivity index (χ1) is 11.9. The van der Waals surface area contributed by atoms with E-state index in [1.807, 2.05) is 0 Å². The van der Waals surface area contributed by atoms with Gasteiger partial charge in [0.1, 0.15) is 6.54 Å². The normalized spacial score (nSPS) is 16.1. The lowest BCUT2D eigenvalue weighted by atomic mass is 10.2. The highest BCUT2D eigenvalue weighted by molar-refractivity contribution is 6.39. The Labute approximate surface area is 156 Å². The van der Waals surface area contributed by atoms with Crippen LogP contribution in [0.1, 0.15) is 32.6 Å². The van der Waals surface area contributed by atoms with Crippen molar-refractivity contribution < 1.29 is 19.1 Å². The van der Waals surface area contributed by atoms with E-state index in [0.29, 0.717) is 13.0 Å². The molecule has 1 heterocycles. The standard InChI is InChI=1S/C17H20Cl2N2O4/c1-11(17(24)20-16-12(18)6-5-7-13(16)19)25-15(23)10-21-9-4-2-3-8-14(21)22/h5-7,11H,2-4,8-10H2,1H3,(H,20,24)/t11-/m0/s1. The summed E-state index contributed by atoms with van der Waals surface area (Å²) in [4.78, 5) is 37.6. The molecule has 0 spiro atoms. The van der Waals surface area contributed by atoms with Crippen LogP contribution in [0.2, 0.25) is 10.0 Å². The molecule has 2 amide bonds. The first kappa shape index (κ1) is 19.5. The molecule has 1 aliphatic heterocycles. The van der Waals surface area contributed by atoms with E-state index in [1.165, 1.54) is 11.8 Å². The number of carbonyl (C=O) groups excluding carboxylic acids is 3. The zero-order valence-electron chi connectivity index (χ0n) is 13.9. The summed E-state index contributed by atoms with van der Waals surface area (Å²) >= 11 is 12.0. The Bertz CT molecular complexity index is 646. The first-order valence-electron chi connectivity index (χ1n) is 8.10. The van der Waals surface area contributed by atoms with Gasteiger partial charge >= 0.3 is 5.97 Å². The molecule has 1 N–H and O–H groups in total. The molecule has 6 nitrogen and oxygen atoms in total. The highest BCUT2D eigenvalue weighted by Crippen LogP contribution is 2.29. The number of nitrogens with zero attached hydrogens (tertiary/aromatic N) is 1. The molecule has 0 aliphatic carbocycles. The summed E-state index contributed by atoms with van der Waals surface area (Å²) in [5.74, 6) is -1.23. The van der Waals surface area contributed by atoms with Crippen molar-refractivity contribution in [1.29, 1.82) is 0 Å². The molecule has 0 aromatic heterocycles. The van der Waals surface area contributed by atoms with Gasteiger partial charge in [-0.2, -0.15) is 0 Å². The van der Waals surface area contributed by atoms with Gasteiger partial charge < -0.3 is 15.0 Å². The number of nitrogens with one attached hydrogen (secondary N) is 1. The van der Waals surface area contributed by atoms with Gasteiger partial charge in [-0.15, -0.1) is 0 Å². The van der Waals surface area contributed by atoms with Crippen LogP contribution in [-0.4, -0.2) is 41.9 Å². The lowest BCUT2D eigenvalue weighted by molar-refractivity contribution is -0.156. The fourth-order valence-corrected chi connectivity index (χ4v) is 2.98. The van der Waals surface area contributed by atoms with E-state index in [9.17, 15) is 14.4 Å². The minimum Gasteiger partial charge on any atom is -0.451 e. The largest absolute Gasteiger partial charge is 0.451 e. The highest BCUT2D eigenvalue weighted by Gasteiger charge is 2.24. The lowest BCUT2D eigenvalue weighted by Gasteiger charge is -2.21. The van der Waals surface area contributed by atoms with Crippen LogP contribution in [0.15, 0.2) is 18.2 Å². The first-order valence-corrected chi connectivity index (χ1v) is 8.86. The molecule has 8 heteroatoms. The second-order valence-electron chi connectivity index (χ2n) is 5.84. The van der Waals surface area contributed by atoms with Crippen LogP contribution in [0, 0.1) is 0 Å². The Morgan fingerprint density at radius 2 is 1.92 bits per heavy atom. The number of hydrogen-bond acceptors (Lipinski definition) is 4. The van der Waals surface area contributed by atoms with E-state index in [-0.39, 0.29) is 28.2 Å². The Kier molecular flexibility index (Phi) is 7.08. The van der Waals surface area contributed by atoms with E-state index in [1.54, 1.807) is 18.2 Å². The van der Waals surface area contributed by atoms with Gasteiger partial charge in [-0.3, -0.25) is 14.4 Å². The number of hydrogen-bond donors (Lipinski definition) is 1. The topological polar surface area (TPSA) is 75.7 Å². The number of halogens is 2. The summed E-state index contributed by atoms with van der Waals surface area (Å²) in [6.45, 7) is 1.83. The summed E-state index contributed by atoms with van der Waals surface area (Å²) in [6, 6.07) is 4.83. The van der Waals surface area contributed by atoms with Crippen LogP contribution in [-0.2, 0) is 19.1 Å². The van der Waals surface area contributed by atoms with E-state index in [2.05, 4.69) is 5.32 Å². The molecule has 1 saturated heterocycles. The van der Waals surface area contributed by atoms with Crippen LogP contribution in [0.5, 0.6) is 0 Å². The quantitative estimate of drug-likeness (QED) is 0.787. The molecule has 0 saturated carbocycles. The van der Waals surface area contributed by atoms with Crippen molar-refractivity contribution in [2.24, 2.45) is 0 Å². The molecule has 1 aromatic carbocycles. The van der Waals surface area contributed by atoms with Gasteiger partial charge in [0.05, 0.1) is 15.7 Å². The van der Waals surface area contributed by atoms with Crippen molar-refractivity contribution in [1.82, 2.24) is 4.90 Å². The number of likely N-dealkylation sites (tertiary alicyclic amines) is 1. The third-order valence-corrected chi connectivity index (χ3v) is 4.51. The third-order valence-electron chi connectivity index (χ3n) is 3.88. The molecule has 0 radical (unpaired) electrons. The van der Waals surface area contributed by atoms with E-state index >= 15 is 0 Å². The van der Waals surface area contributed by atoms with Crippen LogP contribution in [0.25, 0.3) is 0 Å². The van der Waals surface area contributed by atoms with Gasteiger partial charge in [0.15, 0.2) is 6.10 Å². The van der Waals surface area contributed by atoms with Crippen molar-refractivity contribution >= 4 is 46.7 Å². The van der Waals surface area contributed by atoms with E-state index in [4.69, 9.17) is 27.9 Å². The number of ether oxygens (including phenoxy) is 1. The summed E-state index contributed by atoms with van der Waals surface area (Å²) in [5, 5.41) is 3.12. The van der Waals surface area contributed by atoms with Gasteiger partial charge in [0, 0.05) is 13.0 Å². The zero-order chi connectivity index (χ0) is 18.4.